The number of carboxylic acid groups (broad SMARTS) is 3. The summed E-state index contributed by atoms with van der Waals surface area (Å²) in [5.74, 6) is -3.28. The maximum Gasteiger partial charge on any atom is 1.00 e. The van der Waals surface area contributed by atoms with Gasteiger partial charge in [0.2, 0.25) is 0 Å². The van der Waals surface area contributed by atoms with Crippen molar-refractivity contribution in [3.8, 4) is 0 Å². The second-order valence-electron chi connectivity index (χ2n) is 5.99. The van der Waals surface area contributed by atoms with Crippen molar-refractivity contribution >= 4 is 17.9 Å². The van der Waals surface area contributed by atoms with Crippen molar-refractivity contribution in [1.29, 1.82) is 0 Å². The quantitative estimate of drug-likeness (QED) is 0.173. The SMILES string of the molecule is CCC/C=C(\[O-])CN(CCC(=O)O)CCN(CCC(=O)[O-])CCC(=O)O.[K+].[K+]. The third-order valence-corrected chi connectivity index (χ3v) is 3.69. The molecular formula is C17H28K2N2O7. The molecule has 0 unspecified atom stereocenters. The molecule has 0 aromatic heterocycles. The van der Waals surface area contributed by atoms with E-state index in [-0.39, 0.29) is 154 Å². The molecule has 0 aliphatic rings. The average molecular weight is 451 g/mol. The molecule has 11 heteroatoms. The molecule has 0 bridgehead atoms. The molecule has 0 aromatic carbocycles. The first kappa shape index (κ1) is 33.8. The van der Waals surface area contributed by atoms with Gasteiger partial charge in [-0.05, 0) is 12.8 Å². The molecule has 0 rings (SSSR count). The van der Waals surface area contributed by atoms with Gasteiger partial charge in [-0.25, -0.2) is 0 Å². The monoisotopic (exact) mass is 450 g/mol. The van der Waals surface area contributed by atoms with E-state index in [4.69, 9.17) is 10.2 Å². The number of rotatable bonds is 16. The number of hydrogen-bond acceptors (Lipinski definition) is 7. The number of nitrogens with zero attached hydrogens (tertiary/aromatic N) is 2. The fraction of sp³-hybridized carbons (Fsp3) is 0.706. The fourth-order valence-electron chi connectivity index (χ4n) is 2.24. The number of carboxylic acids is 3. The van der Waals surface area contributed by atoms with E-state index in [1.165, 1.54) is 0 Å². The topological polar surface area (TPSA) is 144 Å². The Morgan fingerprint density at radius 3 is 1.75 bits per heavy atom. The van der Waals surface area contributed by atoms with Crippen LogP contribution in [0.15, 0.2) is 11.8 Å². The maximum absolute atomic E-state index is 11.9. The maximum atomic E-state index is 11.9. The van der Waals surface area contributed by atoms with Gasteiger partial charge in [0.15, 0.2) is 0 Å². The summed E-state index contributed by atoms with van der Waals surface area (Å²) >= 11 is 0. The van der Waals surface area contributed by atoms with Crippen LogP contribution < -0.4 is 113 Å². The van der Waals surface area contributed by atoms with Crippen LogP contribution in [0.25, 0.3) is 0 Å². The standard InChI is InChI=1S/C17H30N2O7.2K/c1-2-3-4-14(20)13-19(10-7-17(25)26)12-11-18(8-5-15(21)22)9-6-16(23)24;;/h4,20H,2-3,5-13H2,1H3,(H,21,22)(H,23,24)(H,25,26);;/q;2*+1/p-2/b14-4-;;. The molecule has 0 radical (unpaired) electrons. The van der Waals surface area contributed by atoms with Crippen molar-refractivity contribution in [3.05, 3.63) is 11.8 Å². The van der Waals surface area contributed by atoms with E-state index in [9.17, 15) is 24.6 Å². The number of aliphatic carboxylic acids is 3. The molecule has 2 N–H and O–H groups in total. The van der Waals surface area contributed by atoms with E-state index in [1.54, 1.807) is 15.9 Å². The molecule has 0 aromatic rings. The smallest absolute Gasteiger partial charge is 0.875 e. The summed E-state index contributed by atoms with van der Waals surface area (Å²) in [6.07, 6.45) is 2.60. The average Bonchev–Trinajstić information content (AvgIpc) is 2.56. The van der Waals surface area contributed by atoms with Crippen LogP contribution in [0.2, 0.25) is 0 Å². The number of hydrogen-bond donors (Lipinski definition) is 2. The number of allylic oxidation sites excluding steroid dienone is 1. The Morgan fingerprint density at radius 1 is 0.821 bits per heavy atom. The summed E-state index contributed by atoms with van der Waals surface area (Å²) in [5.41, 5.74) is 0. The zero-order valence-corrected chi connectivity index (χ0v) is 23.4. The third-order valence-electron chi connectivity index (χ3n) is 3.69. The summed E-state index contributed by atoms with van der Waals surface area (Å²) in [7, 11) is 0. The number of unbranched alkanes of at least 4 members (excludes halogenated alkanes) is 1. The van der Waals surface area contributed by atoms with Crippen molar-refractivity contribution in [3.63, 3.8) is 0 Å². The third kappa shape index (κ3) is 21.8. The van der Waals surface area contributed by atoms with Crippen LogP contribution in [-0.2, 0) is 14.4 Å². The van der Waals surface area contributed by atoms with Crippen LogP contribution in [0.3, 0.4) is 0 Å². The van der Waals surface area contributed by atoms with E-state index in [0.717, 1.165) is 6.42 Å². The van der Waals surface area contributed by atoms with Crippen molar-refractivity contribution in [2.75, 3.05) is 39.3 Å². The number of carbonyl (C=O) groups excluding carboxylic acids is 1. The Morgan fingerprint density at radius 2 is 1.29 bits per heavy atom. The van der Waals surface area contributed by atoms with E-state index >= 15 is 0 Å². The van der Waals surface area contributed by atoms with Crippen LogP contribution in [0.4, 0.5) is 0 Å². The van der Waals surface area contributed by atoms with Crippen LogP contribution in [-0.4, -0.2) is 77.2 Å². The summed E-state index contributed by atoms with van der Waals surface area (Å²) in [5, 5.41) is 40.2. The normalized spacial score (nSPS) is 11.0. The van der Waals surface area contributed by atoms with Crippen LogP contribution >= 0.6 is 0 Å². The summed E-state index contributed by atoms with van der Waals surface area (Å²) in [6, 6.07) is 0. The van der Waals surface area contributed by atoms with Crippen LogP contribution in [0.1, 0.15) is 39.0 Å². The minimum absolute atomic E-state index is 0. The Hall–Kier alpha value is 1.14. The summed E-state index contributed by atoms with van der Waals surface area (Å²) in [6.45, 7) is 3.20. The van der Waals surface area contributed by atoms with Gasteiger partial charge in [0.1, 0.15) is 0 Å². The molecule has 0 spiro atoms. The van der Waals surface area contributed by atoms with E-state index in [1.807, 2.05) is 6.92 Å². The second kappa shape index (κ2) is 21.4. The van der Waals surface area contributed by atoms with Gasteiger partial charge < -0.3 is 30.1 Å². The van der Waals surface area contributed by atoms with E-state index in [0.29, 0.717) is 19.5 Å². The van der Waals surface area contributed by atoms with Gasteiger partial charge in [-0.1, -0.05) is 19.4 Å². The first-order valence-corrected chi connectivity index (χ1v) is 8.68. The van der Waals surface area contributed by atoms with Crippen LogP contribution in [0, 0.1) is 0 Å². The Balaban J connectivity index is -0.00000312. The molecule has 28 heavy (non-hydrogen) atoms. The molecule has 0 saturated heterocycles. The van der Waals surface area contributed by atoms with Crippen molar-refractivity contribution < 1.29 is 138 Å². The minimum Gasteiger partial charge on any atom is -0.875 e. The minimum atomic E-state index is -1.22. The van der Waals surface area contributed by atoms with Crippen molar-refractivity contribution in [1.82, 2.24) is 9.80 Å². The van der Waals surface area contributed by atoms with Gasteiger partial charge in [0.05, 0.1) is 12.8 Å². The molecule has 0 saturated carbocycles. The summed E-state index contributed by atoms with van der Waals surface area (Å²) in [4.78, 5) is 35.5. The van der Waals surface area contributed by atoms with Gasteiger partial charge in [-0.15, -0.1) is 5.76 Å². The number of carbonyl (C=O) groups is 3. The molecule has 0 heterocycles. The zero-order valence-electron chi connectivity index (χ0n) is 17.2. The summed E-state index contributed by atoms with van der Waals surface area (Å²) < 4.78 is 0. The van der Waals surface area contributed by atoms with Gasteiger partial charge in [-0.3, -0.25) is 14.5 Å². The molecule has 0 fully saturated rings. The molecule has 150 valence electrons. The Kier molecular flexibility index (Phi) is 25.8. The predicted octanol–water partition coefficient (Wildman–Crippen LogP) is -7.27. The molecule has 9 nitrogen and oxygen atoms in total. The van der Waals surface area contributed by atoms with Crippen molar-refractivity contribution in [2.24, 2.45) is 0 Å². The largest absolute Gasteiger partial charge is 1.00 e. The second-order valence-corrected chi connectivity index (χ2v) is 5.99. The first-order valence-electron chi connectivity index (χ1n) is 8.68. The van der Waals surface area contributed by atoms with Crippen molar-refractivity contribution in [2.45, 2.75) is 39.0 Å². The van der Waals surface area contributed by atoms with Gasteiger partial charge in [0, 0.05) is 45.2 Å². The Bertz CT molecular complexity index is 472. The van der Waals surface area contributed by atoms with Crippen LogP contribution in [0.5, 0.6) is 0 Å². The molecule has 0 amide bonds. The predicted molar refractivity (Wildman–Crippen MR) is 90.0 cm³/mol. The fourth-order valence-corrected chi connectivity index (χ4v) is 2.24. The zero-order chi connectivity index (χ0) is 19.9. The first-order chi connectivity index (χ1) is 12.2. The molecule has 0 aliphatic heterocycles. The van der Waals surface area contributed by atoms with Gasteiger partial charge in [0.25, 0.3) is 0 Å². The van der Waals surface area contributed by atoms with Gasteiger partial charge in [-0.2, -0.15) is 0 Å². The van der Waals surface area contributed by atoms with Gasteiger partial charge >= 0.3 is 115 Å². The Labute approximate surface area is 251 Å². The molecule has 0 atom stereocenters. The molecular weight excluding hydrogens is 422 g/mol. The van der Waals surface area contributed by atoms with E-state index in [2.05, 4.69) is 0 Å². The van der Waals surface area contributed by atoms with E-state index < -0.39 is 17.9 Å². The molecule has 0 aliphatic carbocycles.